The molecule has 0 saturated heterocycles. The molecule has 0 aromatic rings. The fourth-order valence-corrected chi connectivity index (χ4v) is 2.49. The van der Waals surface area contributed by atoms with Crippen molar-refractivity contribution < 1.29 is 0 Å². The summed E-state index contributed by atoms with van der Waals surface area (Å²) in [6, 6.07) is 0.657. The van der Waals surface area contributed by atoms with Crippen molar-refractivity contribution in [2.24, 2.45) is 4.99 Å². The summed E-state index contributed by atoms with van der Waals surface area (Å²) in [4.78, 5) is 4.31. The summed E-state index contributed by atoms with van der Waals surface area (Å²) >= 11 is 1.96. The van der Waals surface area contributed by atoms with E-state index in [2.05, 4.69) is 21.9 Å². The fraction of sp³-hybridized carbons (Fsp3) is 0.875. The Balaban J connectivity index is 1.79. The molecule has 4 heteroatoms. The second-order valence-electron chi connectivity index (χ2n) is 3.26. The van der Waals surface area contributed by atoms with Crippen molar-refractivity contribution in [3.05, 3.63) is 0 Å². The Hall–Kier alpha value is -0.380. The molecule has 68 valence electrons. The van der Waals surface area contributed by atoms with Crippen LogP contribution < -0.4 is 10.6 Å². The van der Waals surface area contributed by atoms with Gasteiger partial charge in [0.15, 0.2) is 5.96 Å². The largest absolute Gasteiger partial charge is 0.355 e. The Morgan fingerprint density at radius 1 is 1.58 bits per heavy atom. The number of hydrogen-bond acceptors (Lipinski definition) is 4. The molecule has 0 aromatic heterocycles. The number of rotatable bonds is 2. The minimum atomic E-state index is 0.657. The van der Waals surface area contributed by atoms with Gasteiger partial charge >= 0.3 is 0 Å². The monoisotopic (exact) mass is 185 g/mol. The number of thioether (sulfide) groups is 1. The highest BCUT2D eigenvalue weighted by Crippen LogP contribution is 2.29. The zero-order valence-electron chi connectivity index (χ0n) is 7.34. The van der Waals surface area contributed by atoms with Crippen LogP contribution in [-0.4, -0.2) is 36.6 Å². The average molecular weight is 185 g/mol. The molecule has 0 bridgehead atoms. The predicted octanol–water partition coefficient (Wildman–Crippen LogP) is 0.429. The SMILES string of the molecule is CSC1CCC1NC1=NCCN1. The van der Waals surface area contributed by atoms with Crippen molar-refractivity contribution >= 4 is 17.7 Å². The van der Waals surface area contributed by atoms with Gasteiger partial charge in [-0.3, -0.25) is 4.99 Å². The molecule has 0 radical (unpaired) electrons. The van der Waals surface area contributed by atoms with Gasteiger partial charge in [0.25, 0.3) is 0 Å². The zero-order chi connectivity index (χ0) is 8.39. The van der Waals surface area contributed by atoms with E-state index in [0.717, 1.165) is 24.3 Å². The van der Waals surface area contributed by atoms with E-state index in [9.17, 15) is 0 Å². The van der Waals surface area contributed by atoms with Crippen molar-refractivity contribution in [3.8, 4) is 0 Å². The number of nitrogens with one attached hydrogen (secondary N) is 2. The van der Waals surface area contributed by atoms with Gasteiger partial charge in [-0.15, -0.1) is 0 Å². The van der Waals surface area contributed by atoms with E-state index in [1.165, 1.54) is 12.8 Å². The van der Waals surface area contributed by atoms with Gasteiger partial charge in [-0.25, -0.2) is 0 Å². The lowest BCUT2D eigenvalue weighted by Crippen LogP contribution is -2.51. The first-order valence-corrected chi connectivity index (χ1v) is 5.76. The smallest absolute Gasteiger partial charge is 0.191 e. The Kier molecular flexibility index (Phi) is 2.44. The number of hydrogen-bond donors (Lipinski definition) is 2. The maximum Gasteiger partial charge on any atom is 0.191 e. The topological polar surface area (TPSA) is 36.4 Å². The predicted molar refractivity (Wildman–Crippen MR) is 53.8 cm³/mol. The second kappa shape index (κ2) is 3.56. The van der Waals surface area contributed by atoms with Crippen LogP contribution in [0.2, 0.25) is 0 Å². The Bertz CT molecular complexity index is 191. The molecule has 2 atom stereocenters. The van der Waals surface area contributed by atoms with Gasteiger partial charge in [0.2, 0.25) is 0 Å². The van der Waals surface area contributed by atoms with Crippen LogP contribution in [0.1, 0.15) is 12.8 Å². The molecule has 0 amide bonds. The van der Waals surface area contributed by atoms with Gasteiger partial charge < -0.3 is 10.6 Å². The van der Waals surface area contributed by atoms with E-state index < -0.39 is 0 Å². The second-order valence-corrected chi connectivity index (χ2v) is 4.34. The van der Waals surface area contributed by atoms with Gasteiger partial charge in [0.1, 0.15) is 0 Å². The van der Waals surface area contributed by atoms with Crippen LogP contribution in [0, 0.1) is 0 Å². The lowest BCUT2D eigenvalue weighted by Gasteiger charge is -2.36. The van der Waals surface area contributed by atoms with Crippen LogP contribution in [0.3, 0.4) is 0 Å². The Morgan fingerprint density at radius 2 is 2.50 bits per heavy atom. The van der Waals surface area contributed by atoms with E-state index in [1.807, 2.05) is 11.8 Å². The first-order valence-electron chi connectivity index (χ1n) is 4.48. The molecule has 12 heavy (non-hydrogen) atoms. The molecular weight excluding hydrogens is 170 g/mol. The third-order valence-corrected chi connectivity index (χ3v) is 3.68. The summed E-state index contributed by atoms with van der Waals surface area (Å²) in [7, 11) is 0. The molecule has 0 spiro atoms. The van der Waals surface area contributed by atoms with Crippen LogP contribution >= 0.6 is 11.8 Å². The van der Waals surface area contributed by atoms with E-state index >= 15 is 0 Å². The lowest BCUT2D eigenvalue weighted by molar-refractivity contribution is 0.397. The zero-order valence-corrected chi connectivity index (χ0v) is 8.16. The van der Waals surface area contributed by atoms with Crippen molar-refractivity contribution in [2.45, 2.75) is 24.1 Å². The molecule has 1 fully saturated rings. The van der Waals surface area contributed by atoms with E-state index in [-0.39, 0.29) is 0 Å². The minimum absolute atomic E-state index is 0.657. The minimum Gasteiger partial charge on any atom is -0.355 e. The van der Waals surface area contributed by atoms with Crippen LogP contribution in [0.4, 0.5) is 0 Å². The third kappa shape index (κ3) is 1.53. The molecule has 1 aliphatic heterocycles. The van der Waals surface area contributed by atoms with Crippen molar-refractivity contribution in [1.29, 1.82) is 0 Å². The molecule has 3 nitrogen and oxygen atoms in total. The average Bonchev–Trinajstić information content (AvgIpc) is 2.51. The van der Waals surface area contributed by atoms with Gasteiger partial charge in [0, 0.05) is 17.8 Å². The summed E-state index contributed by atoms with van der Waals surface area (Å²) in [6.07, 6.45) is 4.83. The highest BCUT2D eigenvalue weighted by molar-refractivity contribution is 7.99. The molecule has 1 aliphatic carbocycles. The summed E-state index contributed by atoms with van der Waals surface area (Å²) in [5, 5.41) is 7.47. The summed E-state index contributed by atoms with van der Waals surface area (Å²) < 4.78 is 0. The summed E-state index contributed by atoms with van der Waals surface area (Å²) in [5.41, 5.74) is 0. The van der Waals surface area contributed by atoms with Crippen molar-refractivity contribution in [1.82, 2.24) is 10.6 Å². The van der Waals surface area contributed by atoms with Crippen molar-refractivity contribution in [3.63, 3.8) is 0 Å². The molecule has 2 N–H and O–H groups in total. The number of aliphatic imine (C=N–C) groups is 1. The van der Waals surface area contributed by atoms with E-state index in [0.29, 0.717) is 6.04 Å². The Labute approximate surface area is 77.4 Å². The molecule has 2 unspecified atom stereocenters. The van der Waals surface area contributed by atoms with Crippen LogP contribution in [0.25, 0.3) is 0 Å². The highest BCUT2D eigenvalue weighted by Gasteiger charge is 2.30. The first-order chi connectivity index (χ1) is 5.90. The van der Waals surface area contributed by atoms with Crippen LogP contribution in [0.15, 0.2) is 4.99 Å². The number of nitrogens with zero attached hydrogens (tertiary/aromatic N) is 1. The summed E-state index contributed by atoms with van der Waals surface area (Å²) in [6.45, 7) is 1.93. The Morgan fingerprint density at radius 3 is 3.00 bits per heavy atom. The highest BCUT2D eigenvalue weighted by atomic mass is 32.2. The van der Waals surface area contributed by atoms with Gasteiger partial charge in [-0.05, 0) is 19.1 Å². The molecule has 1 saturated carbocycles. The van der Waals surface area contributed by atoms with E-state index in [4.69, 9.17) is 0 Å². The summed E-state index contributed by atoms with van der Waals surface area (Å²) in [5.74, 6) is 1.01. The van der Waals surface area contributed by atoms with Gasteiger partial charge in [0.05, 0.1) is 6.54 Å². The van der Waals surface area contributed by atoms with Crippen molar-refractivity contribution in [2.75, 3.05) is 19.3 Å². The quantitative estimate of drug-likeness (QED) is 0.655. The first kappa shape index (κ1) is 8.23. The molecule has 0 aromatic carbocycles. The maximum atomic E-state index is 4.31. The standard InChI is InChI=1S/C8H15N3S/c1-12-7-3-2-6(7)11-8-9-4-5-10-8/h6-7H,2-5H2,1H3,(H2,9,10,11). The van der Waals surface area contributed by atoms with Crippen LogP contribution in [0.5, 0.6) is 0 Å². The third-order valence-electron chi connectivity index (χ3n) is 2.51. The van der Waals surface area contributed by atoms with Gasteiger partial charge in [-0.1, -0.05) is 0 Å². The number of guanidine groups is 1. The van der Waals surface area contributed by atoms with E-state index in [1.54, 1.807) is 0 Å². The van der Waals surface area contributed by atoms with Gasteiger partial charge in [-0.2, -0.15) is 11.8 Å². The van der Waals surface area contributed by atoms with Crippen LogP contribution in [-0.2, 0) is 0 Å². The molecular formula is C8H15N3S. The lowest BCUT2D eigenvalue weighted by atomic mass is 9.92. The maximum absolute atomic E-state index is 4.31. The fourth-order valence-electron chi connectivity index (χ4n) is 1.59. The molecule has 2 rings (SSSR count). The molecule has 1 heterocycles. The normalized spacial score (nSPS) is 33.6. The molecule has 2 aliphatic rings.